The van der Waals surface area contributed by atoms with Crippen LogP contribution < -0.4 is 5.32 Å². The summed E-state index contributed by atoms with van der Waals surface area (Å²) in [4.78, 5) is 12.0. The zero-order valence-corrected chi connectivity index (χ0v) is 11.6. The van der Waals surface area contributed by atoms with Crippen molar-refractivity contribution < 1.29 is 9.90 Å². The highest BCUT2D eigenvalue weighted by atomic mass is 35.5. The van der Waals surface area contributed by atoms with Crippen molar-refractivity contribution in [3.63, 3.8) is 0 Å². The van der Waals surface area contributed by atoms with Gasteiger partial charge in [-0.1, -0.05) is 23.2 Å². The largest absolute Gasteiger partial charge is 0.506 e. The summed E-state index contributed by atoms with van der Waals surface area (Å²) >= 11 is 11.7. The van der Waals surface area contributed by atoms with Gasteiger partial charge in [0.05, 0.1) is 5.02 Å². The van der Waals surface area contributed by atoms with Crippen molar-refractivity contribution in [1.29, 1.82) is 0 Å². The fraction of sp³-hybridized carbons (Fsp3) is 0.0714. The first-order valence-electron chi connectivity index (χ1n) is 5.53. The standard InChI is InChI=1S/C14H11Cl2NO2/c1-8-4-9(6-10(15)5-8)14(19)17-11-2-3-13(18)12(16)7-11/h2-7,18H,1H3,(H,17,19). The van der Waals surface area contributed by atoms with Crippen LogP contribution in [0.3, 0.4) is 0 Å². The first kappa shape index (κ1) is 13.7. The van der Waals surface area contributed by atoms with Gasteiger partial charge >= 0.3 is 0 Å². The average molecular weight is 296 g/mol. The van der Waals surface area contributed by atoms with E-state index in [0.717, 1.165) is 5.56 Å². The molecule has 0 spiro atoms. The van der Waals surface area contributed by atoms with Gasteiger partial charge in [0.1, 0.15) is 5.75 Å². The van der Waals surface area contributed by atoms with Crippen molar-refractivity contribution in [1.82, 2.24) is 0 Å². The van der Waals surface area contributed by atoms with Crippen LogP contribution in [-0.4, -0.2) is 11.0 Å². The fourth-order valence-corrected chi connectivity index (χ4v) is 2.13. The van der Waals surface area contributed by atoms with Crippen LogP contribution in [0.2, 0.25) is 10.0 Å². The number of benzene rings is 2. The Morgan fingerprint density at radius 1 is 1.16 bits per heavy atom. The number of rotatable bonds is 2. The second kappa shape index (κ2) is 5.51. The first-order valence-corrected chi connectivity index (χ1v) is 6.28. The molecule has 19 heavy (non-hydrogen) atoms. The summed E-state index contributed by atoms with van der Waals surface area (Å²) in [6, 6.07) is 9.56. The lowest BCUT2D eigenvalue weighted by molar-refractivity contribution is 0.102. The van der Waals surface area contributed by atoms with E-state index in [-0.39, 0.29) is 16.7 Å². The normalized spacial score (nSPS) is 10.3. The van der Waals surface area contributed by atoms with Gasteiger partial charge in [0.2, 0.25) is 0 Å². The third kappa shape index (κ3) is 3.40. The predicted molar refractivity (Wildman–Crippen MR) is 77.3 cm³/mol. The Morgan fingerprint density at radius 3 is 2.53 bits per heavy atom. The molecule has 0 aromatic heterocycles. The van der Waals surface area contributed by atoms with Gasteiger partial charge in [0, 0.05) is 16.3 Å². The molecule has 0 aliphatic heterocycles. The molecule has 98 valence electrons. The number of anilines is 1. The molecule has 1 amide bonds. The molecule has 2 aromatic rings. The lowest BCUT2D eigenvalue weighted by Gasteiger charge is -2.07. The number of aromatic hydroxyl groups is 1. The lowest BCUT2D eigenvalue weighted by atomic mass is 10.1. The zero-order chi connectivity index (χ0) is 14.0. The fourth-order valence-electron chi connectivity index (χ4n) is 1.66. The Kier molecular flexibility index (Phi) is 3.98. The van der Waals surface area contributed by atoms with Gasteiger partial charge < -0.3 is 10.4 Å². The molecule has 2 aromatic carbocycles. The number of amides is 1. The van der Waals surface area contributed by atoms with Gasteiger partial charge in [0.15, 0.2) is 0 Å². The second-order valence-electron chi connectivity index (χ2n) is 4.14. The number of hydrogen-bond donors (Lipinski definition) is 2. The van der Waals surface area contributed by atoms with Crippen molar-refractivity contribution in [3.8, 4) is 5.75 Å². The minimum atomic E-state index is -0.285. The molecule has 0 heterocycles. The third-order valence-corrected chi connectivity index (χ3v) is 3.03. The van der Waals surface area contributed by atoms with Crippen LogP contribution >= 0.6 is 23.2 Å². The van der Waals surface area contributed by atoms with Crippen molar-refractivity contribution in [2.75, 3.05) is 5.32 Å². The number of hydrogen-bond acceptors (Lipinski definition) is 2. The molecule has 0 saturated heterocycles. The third-order valence-electron chi connectivity index (χ3n) is 2.51. The van der Waals surface area contributed by atoms with Gasteiger partial charge in [-0.25, -0.2) is 0 Å². The predicted octanol–water partition coefficient (Wildman–Crippen LogP) is 4.26. The Labute approximate surface area is 120 Å². The van der Waals surface area contributed by atoms with E-state index >= 15 is 0 Å². The van der Waals surface area contributed by atoms with E-state index in [9.17, 15) is 9.90 Å². The summed E-state index contributed by atoms with van der Waals surface area (Å²) in [7, 11) is 0. The minimum absolute atomic E-state index is 0.0294. The highest BCUT2D eigenvalue weighted by Gasteiger charge is 2.09. The summed E-state index contributed by atoms with van der Waals surface area (Å²) in [5.41, 5.74) is 1.88. The van der Waals surface area contributed by atoms with E-state index in [2.05, 4.69) is 5.32 Å². The molecule has 0 aliphatic rings. The highest BCUT2D eigenvalue weighted by molar-refractivity contribution is 6.32. The number of carbonyl (C=O) groups excluding carboxylic acids is 1. The van der Waals surface area contributed by atoms with Crippen LogP contribution in [0.1, 0.15) is 15.9 Å². The second-order valence-corrected chi connectivity index (χ2v) is 4.98. The quantitative estimate of drug-likeness (QED) is 0.813. The number of phenols is 1. The summed E-state index contributed by atoms with van der Waals surface area (Å²) in [5, 5.41) is 12.7. The maximum atomic E-state index is 12.0. The van der Waals surface area contributed by atoms with E-state index in [1.165, 1.54) is 12.1 Å². The van der Waals surface area contributed by atoms with Gasteiger partial charge in [-0.3, -0.25) is 4.79 Å². The number of aryl methyl sites for hydroxylation is 1. The maximum Gasteiger partial charge on any atom is 0.255 e. The molecule has 3 nitrogen and oxygen atoms in total. The number of halogens is 2. The zero-order valence-electron chi connectivity index (χ0n) is 10.1. The summed E-state index contributed by atoms with van der Waals surface area (Å²) < 4.78 is 0. The van der Waals surface area contributed by atoms with Crippen LogP contribution in [-0.2, 0) is 0 Å². The van der Waals surface area contributed by atoms with Crippen molar-refractivity contribution in [2.24, 2.45) is 0 Å². The molecule has 0 bridgehead atoms. The lowest BCUT2D eigenvalue weighted by Crippen LogP contribution is -2.12. The van der Waals surface area contributed by atoms with Crippen molar-refractivity contribution in [3.05, 3.63) is 57.6 Å². The maximum absolute atomic E-state index is 12.0. The number of carbonyl (C=O) groups is 1. The van der Waals surface area contributed by atoms with Crippen molar-refractivity contribution >= 4 is 34.8 Å². The van der Waals surface area contributed by atoms with Gasteiger partial charge in [-0.2, -0.15) is 0 Å². The summed E-state index contributed by atoms with van der Waals surface area (Å²) in [6.45, 7) is 1.86. The van der Waals surface area contributed by atoms with Gasteiger partial charge in [-0.15, -0.1) is 0 Å². The Bertz CT molecular complexity index is 621. The molecule has 0 atom stereocenters. The van der Waals surface area contributed by atoms with Crippen LogP contribution in [0.15, 0.2) is 36.4 Å². The molecule has 0 unspecified atom stereocenters. The SMILES string of the molecule is Cc1cc(Cl)cc(C(=O)Nc2ccc(O)c(Cl)c2)c1. The van der Waals surface area contributed by atoms with E-state index in [0.29, 0.717) is 16.3 Å². The topological polar surface area (TPSA) is 49.3 Å². The van der Waals surface area contributed by atoms with E-state index in [1.54, 1.807) is 24.3 Å². The molecule has 0 aliphatic carbocycles. The summed E-state index contributed by atoms with van der Waals surface area (Å²) in [5.74, 6) is -0.314. The van der Waals surface area contributed by atoms with Crippen LogP contribution in [0.25, 0.3) is 0 Å². The minimum Gasteiger partial charge on any atom is -0.506 e. The molecular formula is C14H11Cl2NO2. The van der Waals surface area contributed by atoms with Crippen LogP contribution in [0, 0.1) is 6.92 Å². The van der Waals surface area contributed by atoms with Crippen LogP contribution in [0.5, 0.6) is 5.75 Å². The molecule has 0 radical (unpaired) electrons. The number of phenolic OH excluding ortho intramolecular Hbond substituents is 1. The number of nitrogens with one attached hydrogen (secondary N) is 1. The summed E-state index contributed by atoms with van der Waals surface area (Å²) in [6.07, 6.45) is 0. The van der Waals surface area contributed by atoms with Crippen molar-refractivity contribution in [2.45, 2.75) is 6.92 Å². The Balaban J connectivity index is 2.22. The van der Waals surface area contributed by atoms with Gasteiger partial charge in [0.25, 0.3) is 5.91 Å². The highest BCUT2D eigenvalue weighted by Crippen LogP contribution is 2.26. The molecule has 5 heteroatoms. The monoisotopic (exact) mass is 295 g/mol. The molecule has 2 rings (SSSR count). The van der Waals surface area contributed by atoms with E-state index in [1.807, 2.05) is 6.92 Å². The van der Waals surface area contributed by atoms with E-state index in [4.69, 9.17) is 23.2 Å². The molecule has 2 N–H and O–H groups in total. The molecule has 0 saturated carbocycles. The van der Waals surface area contributed by atoms with Crippen LogP contribution in [0.4, 0.5) is 5.69 Å². The smallest absolute Gasteiger partial charge is 0.255 e. The first-order chi connectivity index (χ1) is 8.95. The average Bonchev–Trinajstić information content (AvgIpc) is 2.32. The Hall–Kier alpha value is -1.71. The van der Waals surface area contributed by atoms with Gasteiger partial charge in [-0.05, 0) is 48.9 Å². The Morgan fingerprint density at radius 2 is 1.89 bits per heavy atom. The van der Waals surface area contributed by atoms with E-state index < -0.39 is 0 Å². The molecular weight excluding hydrogens is 285 g/mol. The molecule has 0 fully saturated rings.